The van der Waals surface area contributed by atoms with Gasteiger partial charge in [-0.05, 0) is 31.4 Å². The van der Waals surface area contributed by atoms with Gasteiger partial charge in [0.15, 0.2) is 0 Å². The first kappa shape index (κ1) is 37.3. The molecule has 1 aromatic heterocycles. The van der Waals surface area contributed by atoms with Crippen molar-refractivity contribution >= 4 is 0 Å². The lowest BCUT2D eigenvalue weighted by molar-refractivity contribution is 0.515. The molecular formula is C39H75N. The summed E-state index contributed by atoms with van der Waals surface area (Å²) in [5, 5.41) is 0. The van der Waals surface area contributed by atoms with E-state index in [1.165, 1.54) is 212 Å². The summed E-state index contributed by atoms with van der Waals surface area (Å²) in [7, 11) is 0. The van der Waals surface area contributed by atoms with Gasteiger partial charge in [-0.15, -0.1) is 0 Å². The van der Waals surface area contributed by atoms with E-state index in [0.717, 1.165) is 0 Å². The van der Waals surface area contributed by atoms with E-state index < -0.39 is 0 Å². The average Bonchev–Trinajstić information content (AvgIpc) is 3.42. The number of hydrogen-bond acceptors (Lipinski definition) is 0. The van der Waals surface area contributed by atoms with Crippen molar-refractivity contribution in [3.8, 4) is 0 Å². The third-order valence-corrected chi connectivity index (χ3v) is 9.21. The zero-order chi connectivity index (χ0) is 28.6. The van der Waals surface area contributed by atoms with Gasteiger partial charge in [-0.25, -0.2) is 0 Å². The molecule has 0 saturated carbocycles. The maximum atomic E-state index is 2.55. The number of hydrogen-bond donors (Lipinski definition) is 0. The molecule has 0 saturated heterocycles. The van der Waals surface area contributed by atoms with Crippen molar-refractivity contribution in [3.05, 3.63) is 24.0 Å². The van der Waals surface area contributed by atoms with Crippen LogP contribution in [-0.2, 0) is 13.0 Å². The molecule has 0 radical (unpaired) electrons. The van der Waals surface area contributed by atoms with E-state index in [9.17, 15) is 0 Å². The van der Waals surface area contributed by atoms with Crippen LogP contribution in [0, 0.1) is 0 Å². The summed E-state index contributed by atoms with van der Waals surface area (Å²) in [5.74, 6) is 0. The van der Waals surface area contributed by atoms with Gasteiger partial charge < -0.3 is 4.57 Å². The van der Waals surface area contributed by atoms with Gasteiger partial charge in [0.25, 0.3) is 0 Å². The molecule has 0 aromatic carbocycles. The van der Waals surface area contributed by atoms with Crippen LogP contribution in [0.25, 0.3) is 0 Å². The highest BCUT2D eigenvalue weighted by molar-refractivity contribution is 5.07. The molecule has 236 valence electrons. The van der Waals surface area contributed by atoms with Gasteiger partial charge in [-0.3, -0.25) is 0 Å². The SMILES string of the molecule is CCCCCCCCCCCCCCCCCCn1cccc1CCCCCCCCCCCCCCCCC. The van der Waals surface area contributed by atoms with E-state index in [4.69, 9.17) is 0 Å². The number of nitrogens with zero attached hydrogens (tertiary/aromatic N) is 1. The van der Waals surface area contributed by atoms with Crippen LogP contribution in [-0.4, -0.2) is 4.57 Å². The first-order valence-electron chi connectivity index (χ1n) is 19.0. The molecular weight excluding hydrogens is 482 g/mol. The maximum absolute atomic E-state index is 2.55. The van der Waals surface area contributed by atoms with Gasteiger partial charge >= 0.3 is 0 Å². The molecule has 0 aliphatic rings. The summed E-state index contributed by atoms with van der Waals surface area (Å²) in [6.07, 6.45) is 48.5. The van der Waals surface area contributed by atoms with E-state index in [1.54, 1.807) is 5.69 Å². The highest BCUT2D eigenvalue weighted by atomic mass is 15.0. The minimum atomic E-state index is 1.24. The number of unbranched alkanes of at least 4 members (excludes halogenated alkanes) is 29. The lowest BCUT2D eigenvalue weighted by atomic mass is 10.0. The van der Waals surface area contributed by atoms with E-state index in [0.29, 0.717) is 0 Å². The second-order valence-electron chi connectivity index (χ2n) is 13.2. The Morgan fingerprint density at radius 3 is 1.02 bits per heavy atom. The Morgan fingerprint density at radius 2 is 0.675 bits per heavy atom. The largest absolute Gasteiger partial charge is 0.351 e. The van der Waals surface area contributed by atoms with E-state index in [1.807, 2.05) is 0 Å². The number of rotatable bonds is 33. The Bertz CT molecular complexity index is 587. The van der Waals surface area contributed by atoms with Crippen molar-refractivity contribution in [2.75, 3.05) is 0 Å². The van der Waals surface area contributed by atoms with Gasteiger partial charge in [0.2, 0.25) is 0 Å². The zero-order valence-corrected chi connectivity index (χ0v) is 28.0. The maximum Gasteiger partial charge on any atom is 0.0222 e. The molecule has 1 aromatic rings. The Morgan fingerprint density at radius 1 is 0.375 bits per heavy atom. The second kappa shape index (κ2) is 31.2. The van der Waals surface area contributed by atoms with Crippen LogP contribution >= 0.6 is 0 Å². The highest BCUT2D eigenvalue weighted by Crippen LogP contribution is 2.16. The number of aromatic nitrogens is 1. The summed E-state index contributed by atoms with van der Waals surface area (Å²) in [6, 6.07) is 4.64. The van der Waals surface area contributed by atoms with Gasteiger partial charge in [-0.2, -0.15) is 0 Å². The summed E-state index contributed by atoms with van der Waals surface area (Å²) >= 11 is 0. The minimum absolute atomic E-state index is 1.24. The predicted molar refractivity (Wildman–Crippen MR) is 183 cm³/mol. The van der Waals surface area contributed by atoms with Crippen LogP contribution in [0.2, 0.25) is 0 Å². The van der Waals surface area contributed by atoms with Crippen molar-refractivity contribution in [1.29, 1.82) is 0 Å². The zero-order valence-electron chi connectivity index (χ0n) is 28.0. The smallest absolute Gasteiger partial charge is 0.0222 e. The molecule has 0 bridgehead atoms. The highest BCUT2D eigenvalue weighted by Gasteiger charge is 2.02. The fraction of sp³-hybridized carbons (Fsp3) is 0.897. The normalized spacial score (nSPS) is 11.6. The van der Waals surface area contributed by atoms with Gasteiger partial charge in [0.1, 0.15) is 0 Å². The molecule has 0 amide bonds. The predicted octanol–water partition coefficient (Wildman–Crippen LogP) is 14.2. The third kappa shape index (κ3) is 25.0. The molecule has 1 heterocycles. The first-order chi connectivity index (χ1) is 19.9. The van der Waals surface area contributed by atoms with Crippen molar-refractivity contribution < 1.29 is 0 Å². The topological polar surface area (TPSA) is 4.93 Å². The van der Waals surface area contributed by atoms with Crippen molar-refractivity contribution in [2.24, 2.45) is 0 Å². The Balaban J connectivity index is 1.83. The first-order valence-corrected chi connectivity index (χ1v) is 19.0. The van der Waals surface area contributed by atoms with Crippen molar-refractivity contribution in [1.82, 2.24) is 4.57 Å². The fourth-order valence-electron chi connectivity index (χ4n) is 6.40. The van der Waals surface area contributed by atoms with Crippen LogP contribution in [0.5, 0.6) is 0 Å². The van der Waals surface area contributed by atoms with Crippen LogP contribution in [0.4, 0.5) is 0 Å². The van der Waals surface area contributed by atoms with Crippen LogP contribution < -0.4 is 0 Å². The standard InChI is InChI=1S/C39H75N/c1-3-5-7-9-11-13-15-17-19-21-23-25-27-29-31-33-37-40-38-34-36-39(40)35-32-30-28-26-24-22-20-18-16-14-12-10-8-6-4-2/h34,36,38H,3-33,35,37H2,1-2H3. The molecule has 0 N–H and O–H groups in total. The van der Waals surface area contributed by atoms with Crippen LogP contribution in [0.15, 0.2) is 18.3 Å². The van der Waals surface area contributed by atoms with Gasteiger partial charge in [0.05, 0.1) is 0 Å². The second-order valence-corrected chi connectivity index (χ2v) is 13.2. The Labute approximate surface area is 254 Å². The molecule has 0 spiro atoms. The minimum Gasteiger partial charge on any atom is -0.351 e. The van der Waals surface area contributed by atoms with E-state index in [2.05, 4.69) is 36.7 Å². The fourth-order valence-corrected chi connectivity index (χ4v) is 6.40. The summed E-state index contributed by atoms with van der Waals surface area (Å²) in [4.78, 5) is 0. The lowest BCUT2D eigenvalue weighted by Crippen LogP contribution is -2.02. The molecule has 0 atom stereocenters. The summed E-state index contributed by atoms with van der Waals surface area (Å²) in [5.41, 5.74) is 1.58. The van der Waals surface area contributed by atoms with Gasteiger partial charge in [-0.1, -0.05) is 200 Å². The summed E-state index contributed by atoms with van der Waals surface area (Å²) < 4.78 is 2.55. The molecule has 1 nitrogen and oxygen atoms in total. The Kier molecular flexibility index (Phi) is 29.1. The molecule has 1 heteroatoms. The molecule has 1 rings (SSSR count). The third-order valence-electron chi connectivity index (χ3n) is 9.21. The van der Waals surface area contributed by atoms with Crippen LogP contribution in [0.3, 0.4) is 0 Å². The quantitative estimate of drug-likeness (QED) is 0.0757. The van der Waals surface area contributed by atoms with Crippen LogP contribution in [0.1, 0.15) is 219 Å². The average molecular weight is 558 g/mol. The van der Waals surface area contributed by atoms with Crippen molar-refractivity contribution in [3.63, 3.8) is 0 Å². The molecule has 0 fully saturated rings. The molecule has 0 unspecified atom stereocenters. The number of aryl methyl sites for hydroxylation is 2. The van der Waals surface area contributed by atoms with Crippen molar-refractivity contribution in [2.45, 2.75) is 226 Å². The monoisotopic (exact) mass is 558 g/mol. The van der Waals surface area contributed by atoms with Gasteiger partial charge in [0, 0.05) is 18.4 Å². The summed E-state index contributed by atoms with van der Waals surface area (Å²) in [6.45, 7) is 5.85. The lowest BCUT2D eigenvalue weighted by Gasteiger charge is -2.09. The van der Waals surface area contributed by atoms with E-state index in [-0.39, 0.29) is 0 Å². The molecule has 0 aliphatic heterocycles. The Hall–Kier alpha value is -0.720. The van der Waals surface area contributed by atoms with E-state index >= 15 is 0 Å². The molecule has 0 aliphatic carbocycles. The molecule has 40 heavy (non-hydrogen) atoms.